The molecule has 0 fully saturated rings. The van der Waals surface area contributed by atoms with Crippen molar-refractivity contribution in [2.24, 2.45) is 0 Å². The lowest BCUT2D eigenvalue weighted by atomic mass is 10.1. The molecule has 6 nitrogen and oxygen atoms in total. The summed E-state index contributed by atoms with van der Waals surface area (Å²) in [5.41, 5.74) is 5.19. The molecule has 0 amide bonds. The SMILES string of the molecule is c1ccc(-n2c3ccccc3c3c2ncc2c4ccccc4n(-c4ncncn4)c23)cc1. The quantitative estimate of drug-likeness (QED) is 0.378. The number of rotatable bonds is 2. The van der Waals surface area contributed by atoms with Crippen LogP contribution >= 0.6 is 0 Å². The molecule has 0 bridgehead atoms. The molecule has 7 aromatic rings. The molecule has 0 aliphatic carbocycles. The van der Waals surface area contributed by atoms with Crippen LogP contribution in [0.4, 0.5) is 0 Å². The predicted molar refractivity (Wildman–Crippen MR) is 126 cm³/mol. The molecule has 6 heteroatoms. The number of nitrogens with zero attached hydrogens (tertiary/aromatic N) is 6. The number of aromatic nitrogens is 6. The topological polar surface area (TPSA) is 61.4 Å². The Morgan fingerprint density at radius 2 is 1.22 bits per heavy atom. The van der Waals surface area contributed by atoms with E-state index in [0.717, 1.165) is 49.4 Å². The highest BCUT2D eigenvalue weighted by atomic mass is 15.2. The van der Waals surface area contributed by atoms with Crippen molar-refractivity contribution in [2.45, 2.75) is 0 Å². The first-order valence-electron chi connectivity index (χ1n) is 10.4. The molecule has 4 aromatic heterocycles. The van der Waals surface area contributed by atoms with Crippen molar-refractivity contribution in [1.29, 1.82) is 0 Å². The summed E-state index contributed by atoms with van der Waals surface area (Å²) in [6.45, 7) is 0. The normalized spacial score (nSPS) is 11.8. The Bertz CT molecular complexity index is 1760. The van der Waals surface area contributed by atoms with Gasteiger partial charge in [-0.05, 0) is 24.3 Å². The van der Waals surface area contributed by atoms with Crippen molar-refractivity contribution in [3.8, 4) is 11.6 Å². The zero-order valence-electron chi connectivity index (χ0n) is 16.9. The standard InChI is InChI=1S/C26H16N6/c1-2-8-17(9-3-1)31-22-13-7-5-11-19(22)23-24-20(14-28-25(23)31)18-10-4-6-12-21(18)32(24)26-29-15-27-16-30-26/h1-16H. The van der Waals surface area contributed by atoms with Gasteiger partial charge in [0.1, 0.15) is 18.3 Å². The molecule has 150 valence electrons. The molecule has 0 saturated carbocycles. The first-order chi connectivity index (χ1) is 15.9. The summed E-state index contributed by atoms with van der Waals surface area (Å²) in [6, 6.07) is 27.1. The first-order valence-corrected chi connectivity index (χ1v) is 10.4. The van der Waals surface area contributed by atoms with Crippen molar-refractivity contribution in [3.63, 3.8) is 0 Å². The Morgan fingerprint density at radius 3 is 2.00 bits per heavy atom. The van der Waals surface area contributed by atoms with E-state index in [2.05, 4.69) is 90.8 Å². The van der Waals surface area contributed by atoms with Crippen molar-refractivity contribution in [1.82, 2.24) is 29.1 Å². The van der Waals surface area contributed by atoms with Gasteiger partial charge in [-0.2, -0.15) is 0 Å². The molecule has 0 unspecified atom stereocenters. The Morgan fingerprint density at radius 1 is 0.562 bits per heavy atom. The summed E-state index contributed by atoms with van der Waals surface area (Å²) in [4.78, 5) is 18.0. The summed E-state index contributed by atoms with van der Waals surface area (Å²) < 4.78 is 4.34. The third-order valence-electron chi connectivity index (χ3n) is 6.01. The predicted octanol–water partition coefficient (Wildman–Crippen LogP) is 5.46. The van der Waals surface area contributed by atoms with Gasteiger partial charge < -0.3 is 0 Å². The van der Waals surface area contributed by atoms with Gasteiger partial charge in [-0.3, -0.25) is 9.13 Å². The van der Waals surface area contributed by atoms with Crippen LogP contribution in [0.5, 0.6) is 0 Å². The summed E-state index contributed by atoms with van der Waals surface area (Å²) >= 11 is 0. The molecule has 0 saturated heterocycles. The Kier molecular flexibility index (Phi) is 3.46. The van der Waals surface area contributed by atoms with Crippen molar-refractivity contribution < 1.29 is 0 Å². The van der Waals surface area contributed by atoms with Crippen LogP contribution in [0.3, 0.4) is 0 Å². The number of para-hydroxylation sites is 3. The second kappa shape index (κ2) is 6.46. The van der Waals surface area contributed by atoms with Gasteiger partial charge in [-0.25, -0.2) is 19.9 Å². The van der Waals surface area contributed by atoms with Crippen LogP contribution in [0.2, 0.25) is 0 Å². The fourth-order valence-electron chi connectivity index (χ4n) is 4.74. The second-order valence-corrected chi connectivity index (χ2v) is 7.70. The van der Waals surface area contributed by atoms with E-state index in [4.69, 9.17) is 4.98 Å². The first kappa shape index (κ1) is 17.1. The van der Waals surface area contributed by atoms with E-state index in [1.54, 1.807) is 0 Å². The lowest BCUT2D eigenvalue weighted by molar-refractivity contribution is 0.941. The van der Waals surface area contributed by atoms with Gasteiger partial charge in [0, 0.05) is 28.0 Å². The maximum Gasteiger partial charge on any atom is 0.237 e. The smallest absolute Gasteiger partial charge is 0.237 e. The Hall–Kier alpha value is -4.58. The Balaban J connectivity index is 1.77. The zero-order chi connectivity index (χ0) is 21.1. The second-order valence-electron chi connectivity index (χ2n) is 7.70. The highest BCUT2D eigenvalue weighted by molar-refractivity contribution is 6.24. The minimum atomic E-state index is 0.593. The summed E-state index contributed by atoms with van der Waals surface area (Å²) in [7, 11) is 0. The zero-order valence-corrected chi connectivity index (χ0v) is 16.9. The lowest BCUT2D eigenvalue weighted by Gasteiger charge is -2.07. The fraction of sp³-hybridized carbons (Fsp3) is 0. The van der Waals surface area contributed by atoms with Crippen molar-refractivity contribution >= 4 is 43.7 Å². The monoisotopic (exact) mass is 412 g/mol. The average Bonchev–Trinajstić information content (AvgIpc) is 3.38. The van der Waals surface area contributed by atoms with Gasteiger partial charge in [0.05, 0.1) is 21.9 Å². The fourth-order valence-corrected chi connectivity index (χ4v) is 4.74. The molecule has 0 aliphatic heterocycles. The van der Waals surface area contributed by atoms with Gasteiger partial charge in [0.25, 0.3) is 0 Å². The minimum absolute atomic E-state index is 0.593. The van der Waals surface area contributed by atoms with Gasteiger partial charge in [-0.15, -0.1) is 0 Å². The molecule has 0 aliphatic rings. The molecule has 0 radical (unpaired) electrons. The van der Waals surface area contributed by atoms with Crippen LogP contribution in [0, 0.1) is 0 Å². The van der Waals surface area contributed by atoms with Gasteiger partial charge in [-0.1, -0.05) is 54.6 Å². The third kappa shape index (κ3) is 2.23. The molecular formula is C26H16N6. The summed E-state index contributed by atoms with van der Waals surface area (Å²) in [6.07, 6.45) is 5.04. The van der Waals surface area contributed by atoms with Crippen LogP contribution in [-0.2, 0) is 0 Å². The molecule has 32 heavy (non-hydrogen) atoms. The minimum Gasteiger partial charge on any atom is -0.294 e. The molecule has 0 spiro atoms. The van der Waals surface area contributed by atoms with E-state index in [1.165, 1.54) is 12.7 Å². The number of hydrogen-bond acceptors (Lipinski definition) is 4. The third-order valence-corrected chi connectivity index (χ3v) is 6.01. The van der Waals surface area contributed by atoms with Crippen molar-refractivity contribution in [3.05, 3.63) is 97.7 Å². The van der Waals surface area contributed by atoms with Crippen molar-refractivity contribution in [2.75, 3.05) is 0 Å². The molecule has 3 aromatic carbocycles. The van der Waals surface area contributed by atoms with Crippen LogP contribution in [0.1, 0.15) is 0 Å². The summed E-state index contributed by atoms with van der Waals surface area (Å²) in [5, 5.41) is 4.42. The number of hydrogen-bond donors (Lipinski definition) is 0. The van der Waals surface area contributed by atoms with E-state index in [1.807, 2.05) is 18.3 Å². The maximum absolute atomic E-state index is 4.98. The molecular weight excluding hydrogens is 396 g/mol. The van der Waals surface area contributed by atoms with Crippen LogP contribution in [0.25, 0.3) is 55.4 Å². The molecule has 0 atom stereocenters. The van der Waals surface area contributed by atoms with E-state index in [0.29, 0.717) is 5.95 Å². The maximum atomic E-state index is 4.98. The molecule has 0 N–H and O–H groups in total. The van der Waals surface area contributed by atoms with Gasteiger partial charge in [0.15, 0.2) is 0 Å². The van der Waals surface area contributed by atoms with Crippen LogP contribution in [0.15, 0.2) is 97.7 Å². The number of benzene rings is 3. The van der Waals surface area contributed by atoms with E-state index >= 15 is 0 Å². The summed E-state index contributed by atoms with van der Waals surface area (Å²) in [5.74, 6) is 0.593. The van der Waals surface area contributed by atoms with Gasteiger partial charge in [0.2, 0.25) is 5.95 Å². The van der Waals surface area contributed by atoms with Crippen LogP contribution < -0.4 is 0 Å². The number of pyridine rings is 1. The Labute approximate surface area is 182 Å². The molecule has 7 rings (SSSR count). The lowest BCUT2D eigenvalue weighted by Crippen LogP contribution is -2.01. The van der Waals surface area contributed by atoms with E-state index in [9.17, 15) is 0 Å². The van der Waals surface area contributed by atoms with E-state index < -0.39 is 0 Å². The van der Waals surface area contributed by atoms with E-state index in [-0.39, 0.29) is 0 Å². The van der Waals surface area contributed by atoms with Gasteiger partial charge >= 0.3 is 0 Å². The highest BCUT2D eigenvalue weighted by Crippen LogP contribution is 2.40. The average molecular weight is 412 g/mol. The number of fused-ring (bicyclic) bond motifs is 7. The highest BCUT2D eigenvalue weighted by Gasteiger charge is 2.22. The molecule has 4 heterocycles. The van der Waals surface area contributed by atoms with Crippen LogP contribution in [-0.4, -0.2) is 29.1 Å². The largest absolute Gasteiger partial charge is 0.294 e.